The number of benzene rings is 1. The highest BCUT2D eigenvalue weighted by Crippen LogP contribution is 2.33. The molecule has 1 fully saturated rings. The third kappa shape index (κ3) is 4.47. The van der Waals surface area contributed by atoms with Crippen molar-refractivity contribution in [1.82, 2.24) is 10.2 Å². The van der Waals surface area contributed by atoms with Gasteiger partial charge in [0.2, 0.25) is 0 Å². The summed E-state index contributed by atoms with van der Waals surface area (Å²) in [5.74, 6) is -1.28. The average Bonchev–Trinajstić information content (AvgIpc) is 2.52. The van der Waals surface area contributed by atoms with Gasteiger partial charge in [-0.25, -0.2) is 4.79 Å². The van der Waals surface area contributed by atoms with Gasteiger partial charge in [0.05, 0.1) is 12.0 Å². The van der Waals surface area contributed by atoms with Crippen LogP contribution in [0, 0.1) is 11.3 Å². The van der Waals surface area contributed by atoms with Gasteiger partial charge in [-0.15, -0.1) is 0 Å². The molecular formula is C18H26N2O3. The van der Waals surface area contributed by atoms with Gasteiger partial charge in [-0.05, 0) is 23.8 Å². The highest BCUT2D eigenvalue weighted by atomic mass is 16.4. The van der Waals surface area contributed by atoms with E-state index in [1.165, 1.54) is 0 Å². The van der Waals surface area contributed by atoms with Crippen molar-refractivity contribution in [3.63, 3.8) is 0 Å². The lowest BCUT2D eigenvalue weighted by Crippen LogP contribution is -2.49. The van der Waals surface area contributed by atoms with Gasteiger partial charge in [-0.3, -0.25) is 4.79 Å². The quantitative estimate of drug-likeness (QED) is 0.898. The number of piperidine rings is 1. The van der Waals surface area contributed by atoms with Crippen LogP contribution >= 0.6 is 0 Å². The Labute approximate surface area is 137 Å². The van der Waals surface area contributed by atoms with Crippen LogP contribution < -0.4 is 5.32 Å². The molecular weight excluding hydrogens is 292 g/mol. The van der Waals surface area contributed by atoms with E-state index in [4.69, 9.17) is 5.11 Å². The second-order valence-corrected chi connectivity index (χ2v) is 7.28. The van der Waals surface area contributed by atoms with Crippen molar-refractivity contribution in [3.8, 4) is 0 Å². The molecule has 1 saturated heterocycles. The molecule has 0 spiro atoms. The zero-order valence-electron chi connectivity index (χ0n) is 14.1. The van der Waals surface area contributed by atoms with Gasteiger partial charge in [0.25, 0.3) is 0 Å². The van der Waals surface area contributed by atoms with Crippen molar-refractivity contribution in [2.45, 2.75) is 39.7 Å². The molecule has 5 nitrogen and oxygen atoms in total. The predicted molar refractivity (Wildman–Crippen MR) is 89.1 cm³/mol. The fourth-order valence-electron chi connectivity index (χ4n) is 3.02. The van der Waals surface area contributed by atoms with E-state index in [1.807, 2.05) is 30.3 Å². The van der Waals surface area contributed by atoms with Crippen LogP contribution in [0.4, 0.5) is 4.79 Å². The summed E-state index contributed by atoms with van der Waals surface area (Å²) in [5.41, 5.74) is 0.916. The maximum absolute atomic E-state index is 12.6. The van der Waals surface area contributed by atoms with Crippen LogP contribution in [0.1, 0.15) is 45.2 Å². The molecule has 0 radical (unpaired) electrons. The molecule has 1 aromatic rings. The number of hydrogen-bond donors (Lipinski definition) is 2. The monoisotopic (exact) mass is 318 g/mol. The molecule has 5 heteroatoms. The molecule has 1 aromatic carbocycles. The van der Waals surface area contributed by atoms with Crippen molar-refractivity contribution in [2.75, 3.05) is 13.1 Å². The average molecular weight is 318 g/mol. The van der Waals surface area contributed by atoms with E-state index < -0.39 is 11.9 Å². The van der Waals surface area contributed by atoms with Crippen molar-refractivity contribution < 1.29 is 14.7 Å². The third-order valence-electron chi connectivity index (χ3n) is 4.32. The van der Waals surface area contributed by atoms with Gasteiger partial charge in [-0.2, -0.15) is 0 Å². The molecule has 2 atom stereocenters. The third-order valence-corrected chi connectivity index (χ3v) is 4.32. The van der Waals surface area contributed by atoms with Crippen molar-refractivity contribution in [1.29, 1.82) is 0 Å². The van der Waals surface area contributed by atoms with Gasteiger partial charge in [-0.1, -0.05) is 51.1 Å². The molecule has 1 heterocycles. The SMILES string of the molecule is CC(C)(C)C(NC(=O)N1CCCC(C(=O)O)C1)c1ccccc1. The standard InChI is InChI=1S/C18H26N2O3/c1-18(2,3)15(13-8-5-4-6-9-13)19-17(23)20-11-7-10-14(12-20)16(21)22/h4-6,8-9,14-15H,7,10-12H2,1-3H3,(H,19,23)(H,21,22). The number of carbonyl (C=O) groups is 2. The number of carboxylic acids is 1. The zero-order valence-corrected chi connectivity index (χ0v) is 14.1. The Morgan fingerprint density at radius 1 is 1.26 bits per heavy atom. The minimum Gasteiger partial charge on any atom is -0.481 e. The first-order valence-corrected chi connectivity index (χ1v) is 8.12. The summed E-state index contributed by atoms with van der Waals surface area (Å²) in [6.45, 7) is 7.15. The first-order chi connectivity index (χ1) is 10.8. The van der Waals surface area contributed by atoms with Crippen LogP contribution in [-0.2, 0) is 4.79 Å². The van der Waals surface area contributed by atoms with Crippen LogP contribution in [-0.4, -0.2) is 35.1 Å². The van der Waals surface area contributed by atoms with E-state index in [2.05, 4.69) is 26.1 Å². The lowest BCUT2D eigenvalue weighted by atomic mass is 9.82. The Hall–Kier alpha value is -2.04. The van der Waals surface area contributed by atoms with Gasteiger partial charge in [0.15, 0.2) is 0 Å². The van der Waals surface area contributed by atoms with E-state index >= 15 is 0 Å². The maximum atomic E-state index is 12.6. The Bertz CT molecular complexity index is 551. The second-order valence-electron chi connectivity index (χ2n) is 7.28. The number of urea groups is 1. The van der Waals surface area contributed by atoms with E-state index in [-0.39, 0.29) is 24.0 Å². The molecule has 126 valence electrons. The Balaban J connectivity index is 2.10. The Morgan fingerprint density at radius 3 is 2.48 bits per heavy atom. The predicted octanol–water partition coefficient (Wildman–Crippen LogP) is 3.28. The summed E-state index contributed by atoms with van der Waals surface area (Å²) in [6.07, 6.45) is 1.37. The van der Waals surface area contributed by atoms with Crippen LogP contribution in [0.25, 0.3) is 0 Å². The fourth-order valence-corrected chi connectivity index (χ4v) is 3.02. The fraction of sp³-hybridized carbons (Fsp3) is 0.556. The summed E-state index contributed by atoms with van der Waals surface area (Å²) in [4.78, 5) is 25.4. The zero-order chi connectivity index (χ0) is 17.0. The lowest BCUT2D eigenvalue weighted by molar-refractivity contribution is -0.143. The van der Waals surface area contributed by atoms with Gasteiger partial charge in [0.1, 0.15) is 0 Å². The Morgan fingerprint density at radius 2 is 1.91 bits per heavy atom. The molecule has 0 saturated carbocycles. The topological polar surface area (TPSA) is 69.6 Å². The van der Waals surface area contributed by atoms with E-state index in [1.54, 1.807) is 4.90 Å². The molecule has 2 unspecified atom stereocenters. The smallest absolute Gasteiger partial charge is 0.317 e. The minimum absolute atomic E-state index is 0.124. The summed E-state index contributed by atoms with van der Waals surface area (Å²) in [5, 5.41) is 12.3. The van der Waals surface area contributed by atoms with Crippen LogP contribution in [0.3, 0.4) is 0 Å². The van der Waals surface area contributed by atoms with Crippen molar-refractivity contribution in [3.05, 3.63) is 35.9 Å². The van der Waals surface area contributed by atoms with Gasteiger partial charge in [0, 0.05) is 13.1 Å². The molecule has 0 aromatic heterocycles. The number of hydrogen-bond acceptors (Lipinski definition) is 2. The summed E-state index contributed by atoms with van der Waals surface area (Å²) in [6, 6.07) is 9.58. The highest BCUT2D eigenvalue weighted by molar-refractivity contribution is 5.77. The first kappa shape index (κ1) is 17.3. The molecule has 0 aliphatic carbocycles. The van der Waals surface area contributed by atoms with Gasteiger partial charge < -0.3 is 15.3 Å². The number of likely N-dealkylation sites (tertiary alicyclic amines) is 1. The maximum Gasteiger partial charge on any atom is 0.317 e. The summed E-state index contributed by atoms with van der Waals surface area (Å²) >= 11 is 0. The van der Waals surface area contributed by atoms with Crippen molar-refractivity contribution in [2.24, 2.45) is 11.3 Å². The molecule has 2 N–H and O–H groups in total. The van der Waals surface area contributed by atoms with E-state index in [9.17, 15) is 9.59 Å². The number of nitrogens with one attached hydrogen (secondary N) is 1. The first-order valence-electron chi connectivity index (χ1n) is 8.12. The molecule has 0 bridgehead atoms. The number of amides is 2. The Kier molecular flexibility index (Phi) is 5.29. The summed E-state index contributed by atoms with van der Waals surface area (Å²) < 4.78 is 0. The molecule has 1 aliphatic heterocycles. The summed E-state index contributed by atoms with van der Waals surface area (Å²) in [7, 11) is 0. The largest absolute Gasteiger partial charge is 0.481 e. The highest BCUT2D eigenvalue weighted by Gasteiger charge is 2.32. The number of carboxylic acid groups (broad SMARTS) is 1. The van der Waals surface area contributed by atoms with E-state index in [0.717, 1.165) is 12.0 Å². The van der Waals surface area contributed by atoms with Crippen LogP contribution in [0.2, 0.25) is 0 Å². The van der Waals surface area contributed by atoms with E-state index in [0.29, 0.717) is 13.0 Å². The number of aliphatic carboxylic acids is 1. The number of nitrogens with zero attached hydrogens (tertiary/aromatic N) is 1. The van der Waals surface area contributed by atoms with Crippen LogP contribution in [0.5, 0.6) is 0 Å². The lowest BCUT2D eigenvalue weighted by Gasteiger charge is -2.36. The number of rotatable bonds is 3. The second kappa shape index (κ2) is 7.02. The normalized spacial score (nSPS) is 20.0. The van der Waals surface area contributed by atoms with Crippen LogP contribution in [0.15, 0.2) is 30.3 Å². The molecule has 1 aliphatic rings. The minimum atomic E-state index is -0.821. The molecule has 2 amide bonds. The molecule has 2 rings (SSSR count). The number of carbonyl (C=O) groups excluding carboxylic acids is 1. The molecule has 23 heavy (non-hydrogen) atoms. The van der Waals surface area contributed by atoms with Gasteiger partial charge >= 0.3 is 12.0 Å². The van der Waals surface area contributed by atoms with Crippen molar-refractivity contribution >= 4 is 12.0 Å².